The van der Waals surface area contributed by atoms with Gasteiger partial charge in [0.2, 0.25) is 0 Å². The Balaban J connectivity index is 2.90. The van der Waals surface area contributed by atoms with Gasteiger partial charge in [0.1, 0.15) is 0 Å². The minimum atomic E-state index is 0.0690. The van der Waals surface area contributed by atoms with E-state index < -0.39 is 0 Å². The van der Waals surface area contributed by atoms with Gasteiger partial charge in [-0.05, 0) is 12.2 Å². The summed E-state index contributed by atoms with van der Waals surface area (Å²) in [6.07, 6.45) is 8.22. The third-order valence-corrected chi connectivity index (χ3v) is 4.03. The Labute approximate surface area is 134 Å². The second kappa shape index (κ2) is 20.2. The summed E-state index contributed by atoms with van der Waals surface area (Å²) in [4.78, 5) is 0. The highest BCUT2D eigenvalue weighted by molar-refractivity contribution is 7.99. The van der Waals surface area contributed by atoms with Gasteiger partial charge in [-0.1, -0.05) is 39.0 Å². The molecule has 0 radical (unpaired) electrons. The summed E-state index contributed by atoms with van der Waals surface area (Å²) in [6, 6.07) is 0. The largest absolute Gasteiger partial charge is 0.394 e. The van der Waals surface area contributed by atoms with Crippen molar-refractivity contribution in [3.05, 3.63) is 0 Å². The van der Waals surface area contributed by atoms with E-state index in [2.05, 4.69) is 6.92 Å². The van der Waals surface area contributed by atoms with Gasteiger partial charge in [0.15, 0.2) is 0 Å². The fourth-order valence-corrected chi connectivity index (χ4v) is 2.66. The van der Waals surface area contributed by atoms with Gasteiger partial charge in [0, 0.05) is 5.75 Å². The number of rotatable bonds is 18. The first-order chi connectivity index (χ1) is 10.4. The van der Waals surface area contributed by atoms with Crippen LogP contribution in [0.2, 0.25) is 0 Å². The molecule has 4 nitrogen and oxygen atoms in total. The number of hydrogen-bond acceptors (Lipinski definition) is 5. The fourth-order valence-electron chi connectivity index (χ4n) is 1.81. The zero-order valence-electron chi connectivity index (χ0n) is 13.7. The molecule has 0 fully saturated rings. The number of aliphatic hydroxyl groups is 1. The molecule has 21 heavy (non-hydrogen) atoms. The van der Waals surface area contributed by atoms with Crippen molar-refractivity contribution in [3.8, 4) is 0 Å². The maximum Gasteiger partial charge on any atom is 0.0701 e. The van der Waals surface area contributed by atoms with Crippen molar-refractivity contribution in [1.29, 1.82) is 0 Å². The maximum absolute atomic E-state index is 8.50. The van der Waals surface area contributed by atoms with Crippen LogP contribution in [0, 0.1) is 0 Å². The first kappa shape index (κ1) is 21.2. The minimum Gasteiger partial charge on any atom is -0.394 e. The van der Waals surface area contributed by atoms with E-state index in [0.717, 1.165) is 12.4 Å². The van der Waals surface area contributed by atoms with Crippen molar-refractivity contribution < 1.29 is 19.3 Å². The van der Waals surface area contributed by atoms with Crippen LogP contribution in [0.25, 0.3) is 0 Å². The number of hydrogen-bond donors (Lipinski definition) is 1. The Morgan fingerprint density at radius 2 is 1.24 bits per heavy atom. The molecule has 0 spiro atoms. The lowest BCUT2D eigenvalue weighted by Crippen LogP contribution is -2.11. The Morgan fingerprint density at radius 1 is 0.667 bits per heavy atom. The Hall–Kier alpha value is 0.190. The molecule has 0 rings (SSSR count). The average molecular weight is 323 g/mol. The van der Waals surface area contributed by atoms with Gasteiger partial charge in [-0.3, -0.25) is 0 Å². The average Bonchev–Trinajstić information content (AvgIpc) is 2.50. The predicted octanol–water partition coefficient (Wildman–Crippen LogP) is 3.12. The normalized spacial score (nSPS) is 11.1. The van der Waals surface area contributed by atoms with Gasteiger partial charge in [-0.15, -0.1) is 0 Å². The highest BCUT2D eigenvalue weighted by atomic mass is 32.2. The zero-order valence-corrected chi connectivity index (χ0v) is 14.5. The summed E-state index contributed by atoms with van der Waals surface area (Å²) < 4.78 is 15.9. The van der Waals surface area contributed by atoms with Crippen LogP contribution in [0.4, 0.5) is 0 Å². The van der Waals surface area contributed by atoms with E-state index in [0.29, 0.717) is 33.0 Å². The third kappa shape index (κ3) is 20.2. The SMILES string of the molecule is CCCCCCCCSCCOCCOCCOCCO. The Morgan fingerprint density at radius 3 is 1.90 bits per heavy atom. The van der Waals surface area contributed by atoms with Gasteiger partial charge < -0.3 is 19.3 Å². The molecule has 0 aromatic heterocycles. The van der Waals surface area contributed by atoms with Crippen LogP contribution in [0.15, 0.2) is 0 Å². The summed E-state index contributed by atoms with van der Waals surface area (Å²) in [5.74, 6) is 2.34. The standard InChI is InChI=1S/C16H34O4S/c1-2-3-4-5-6-7-15-21-16-14-20-13-12-19-11-10-18-9-8-17/h17H,2-16H2,1H3. The summed E-state index contributed by atoms with van der Waals surface area (Å²) in [7, 11) is 0. The topological polar surface area (TPSA) is 47.9 Å². The van der Waals surface area contributed by atoms with Crippen molar-refractivity contribution >= 4 is 11.8 Å². The molecule has 0 unspecified atom stereocenters. The first-order valence-electron chi connectivity index (χ1n) is 8.33. The lowest BCUT2D eigenvalue weighted by atomic mass is 10.1. The zero-order chi connectivity index (χ0) is 15.4. The molecule has 0 bridgehead atoms. The number of unbranched alkanes of at least 4 members (excludes halogenated alkanes) is 5. The lowest BCUT2D eigenvalue weighted by Gasteiger charge is -2.06. The van der Waals surface area contributed by atoms with Gasteiger partial charge in [0.25, 0.3) is 0 Å². The third-order valence-electron chi connectivity index (χ3n) is 2.99. The lowest BCUT2D eigenvalue weighted by molar-refractivity contribution is 0.0100. The molecule has 0 aromatic rings. The van der Waals surface area contributed by atoms with Gasteiger partial charge in [-0.2, -0.15) is 11.8 Å². The molecule has 1 N–H and O–H groups in total. The molecule has 0 aromatic carbocycles. The van der Waals surface area contributed by atoms with Gasteiger partial charge in [0.05, 0.1) is 46.2 Å². The molecule has 0 heterocycles. The van der Waals surface area contributed by atoms with Crippen molar-refractivity contribution in [2.45, 2.75) is 45.4 Å². The molecule has 128 valence electrons. The van der Waals surface area contributed by atoms with E-state index >= 15 is 0 Å². The summed E-state index contributed by atoms with van der Waals surface area (Å²) in [5, 5.41) is 8.50. The summed E-state index contributed by atoms with van der Waals surface area (Å²) in [6.45, 7) is 5.89. The van der Waals surface area contributed by atoms with E-state index in [9.17, 15) is 0 Å². The quantitative estimate of drug-likeness (QED) is 0.393. The molecule has 0 amide bonds. The van der Waals surface area contributed by atoms with Crippen LogP contribution in [0.3, 0.4) is 0 Å². The smallest absolute Gasteiger partial charge is 0.0701 e. The molecular weight excluding hydrogens is 288 g/mol. The summed E-state index contributed by atoms with van der Waals surface area (Å²) >= 11 is 1.98. The first-order valence-corrected chi connectivity index (χ1v) is 9.49. The number of aliphatic hydroxyl groups excluding tert-OH is 1. The molecule has 0 saturated heterocycles. The van der Waals surface area contributed by atoms with Crippen LogP contribution in [-0.4, -0.2) is 62.9 Å². The van der Waals surface area contributed by atoms with E-state index in [1.165, 1.54) is 44.3 Å². The predicted molar refractivity (Wildman–Crippen MR) is 90.2 cm³/mol. The van der Waals surface area contributed by atoms with Crippen LogP contribution in [0.5, 0.6) is 0 Å². The van der Waals surface area contributed by atoms with Crippen molar-refractivity contribution in [1.82, 2.24) is 0 Å². The molecular formula is C16H34O4S. The van der Waals surface area contributed by atoms with Crippen LogP contribution < -0.4 is 0 Å². The molecule has 0 aliphatic carbocycles. The maximum atomic E-state index is 8.50. The van der Waals surface area contributed by atoms with Crippen LogP contribution in [0.1, 0.15) is 45.4 Å². The molecule has 5 heteroatoms. The second-order valence-electron chi connectivity index (χ2n) is 4.94. The highest BCUT2D eigenvalue weighted by Crippen LogP contribution is 2.09. The van der Waals surface area contributed by atoms with Gasteiger partial charge >= 0.3 is 0 Å². The van der Waals surface area contributed by atoms with E-state index in [-0.39, 0.29) is 6.61 Å². The van der Waals surface area contributed by atoms with Crippen LogP contribution in [-0.2, 0) is 14.2 Å². The van der Waals surface area contributed by atoms with E-state index in [4.69, 9.17) is 19.3 Å². The monoisotopic (exact) mass is 322 g/mol. The van der Waals surface area contributed by atoms with Crippen molar-refractivity contribution in [3.63, 3.8) is 0 Å². The minimum absolute atomic E-state index is 0.0690. The van der Waals surface area contributed by atoms with Gasteiger partial charge in [-0.25, -0.2) is 0 Å². The number of thioether (sulfide) groups is 1. The van der Waals surface area contributed by atoms with Crippen molar-refractivity contribution in [2.24, 2.45) is 0 Å². The van der Waals surface area contributed by atoms with Crippen molar-refractivity contribution in [2.75, 3.05) is 57.8 Å². The fraction of sp³-hybridized carbons (Fsp3) is 1.00. The Bertz CT molecular complexity index is 164. The van der Waals surface area contributed by atoms with E-state index in [1.807, 2.05) is 11.8 Å². The second-order valence-corrected chi connectivity index (χ2v) is 6.17. The molecule has 0 saturated carbocycles. The highest BCUT2D eigenvalue weighted by Gasteiger charge is 1.94. The molecule has 0 aliphatic heterocycles. The number of ether oxygens (including phenoxy) is 3. The Kier molecular flexibility index (Phi) is 20.4. The molecule has 0 atom stereocenters. The molecule has 0 aliphatic rings. The van der Waals surface area contributed by atoms with E-state index in [1.54, 1.807) is 0 Å². The van der Waals surface area contributed by atoms with Crippen LogP contribution >= 0.6 is 11.8 Å². The summed E-state index contributed by atoms with van der Waals surface area (Å²) in [5.41, 5.74) is 0.